The van der Waals surface area contributed by atoms with Crippen LogP contribution in [0.25, 0.3) is 66.4 Å². The third-order valence-electron chi connectivity index (χ3n) is 7.13. The minimum absolute atomic E-state index is 0.726. The number of hydrogen-bond donors (Lipinski definition) is 0. The van der Waals surface area contributed by atoms with Gasteiger partial charge in [0.25, 0.3) is 0 Å². The molecule has 38 heavy (non-hydrogen) atoms. The number of furan rings is 1. The molecule has 0 amide bonds. The van der Waals surface area contributed by atoms with E-state index < -0.39 is 0 Å². The summed E-state index contributed by atoms with van der Waals surface area (Å²) in [5.74, 6) is 0. The lowest BCUT2D eigenvalue weighted by molar-refractivity contribution is 0.670. The van der Waals surface area contributed by atoms with Gasteiger partial charge in [0.15, 0.2) is 0 Å². The molecule has 7 aromatic rings. The van der Waals surface area contributed by atoms with Crippen LogP contribution in [0.4, 0.5) is 0 Å². The summed E-state index contributed by atoms with van der Waals surface area (Å²) in [4.78, 5) is 0. The third-order valence-corrected chi connectivity index (χ3v) is 7.36. The second-order valence-corrected chi connectivity index (χ2v) is 9.91. The molecule has 1 nitrogen and oxygen atoms in total. The number of fused-ring (bicyclic) bond motifs is 3. The first-order chi connectivity index (χ1) is 18.8. The maximum Gasteiger partial charge on any atom is 0.143 e. The molecule has 0 spiro atoms. The van der Waals surface area contributed by atoms with Crippen LogP contribution in [-0.2, 0) is 0 Å². The van der Waals surface area contributed by atoms with Crippen molar-refractivity contribution in [3.63, 3.8) is 0 Å². The summed E-state index contributed by atoms with van der Waals surface area (Å²) in [7, 11) is 0. The molecule has 0 N–H and O–H groups in total. The first-order valence-corrected chi connectivity index (χ1v) is 13.1. The van der Waals surface area contributed by atoms with Crippen molar-refractivity contribution in [2.45, 2.75) is 0 Å². The molecular formula is C36H23ClO. The van der Waals surface area contributed by atoms with Crippen molar-refractivity contribution in [3.05, 3.63) is 145 Å². The van der Waals surface area contributed by atoms with Crippen molar-refractivity contribution in [1.29, 1.82) is 0 Å². The molecule has 0 aliphatic carbocycles. The zero-order valence-electron chi connectivity index (χ0n) is 20.6. The molecule has 0 aliphatic rings. The average molecular weight is 507 g/mol. The van der Waals surface area contributed by atoms with Gasteiger partial charge in [-0.25, -0.2) is 0 Å². The van der Waals surface area contributed by atoms with E-state index >= 15 is 0 Å². The largest absolute Gasteiger partial charge is 0.455 e. The molecule has 1 aromatic heterocycles. The van der Waals surface area contributed by atoms with Crippen LogP contribution in [0.5, 0.6) is 0 Å². The summed E-state index contributed by atoms with van der Waals surface area (Å²) in [6, 6.07) is 48.5. The number of rotatable bonds is 4. The molecule has 0 saturated carbocycles. The topological polar surface area (TPSA) is 13.1 Å². The van der Waals surface area contributed by atoms with Gasteiger partial charge in [-0.3, -0.25) is 0 Å². The number of benzene rings is 6. The quantitative estimate of drug-likeness (QED) is 0.231. The van der Waals surface area contributed by atoms with Crippen LogP contribution < -0.4 is 0 Å². The summed E-state index contributed by atoms with van der Waals surface area (Å²) >= 11 is 6.35. The van der Waals surface area contributed by atoms with Crippen LogP contribution in [0.15, 0.2) is 144 Å². The Morgan fingerprint density at radius 3 is 1.79 bits per heavy atom. The lowest BCUT2D eigenvalue weighted by Gasteiger charge is -2.18. The molecular weight excluding hydrogens is 484 g/mol. The van der Waals surface area contributed by atoms with Crippen molar-refractivity contribution in [1.82, 2.24) is 0 Å². The van der Waals surface area contributed by atoms with Gasteiger partial charge in [0.1, 0.15) is 11.2 Å². The lowest BCUT2D eigenvalue weighted by Crippen LogP contribution is -1.92. The normalized spacial score (nSPS) is 11.3. The van der Waals surface area contributed by atoms with Gasteiger partial charge in [0.05, 0.1) is 0 Å². The number of halogens is 1. The molecule has 0 saturated heterocycles. The van der Waals surface area contributed by atoms with Crippen molar-refractivity contribution in [3.8, 4) is 44.5 Å². The molecule has 180 valence electrons. The zero-order chi connectivity index (χ0) is 25.5. The minimum atomic E-state index is 0.726. The molecule has 0 bridgehead atoms. The van der Waals surface area contributed by atoms with Gasteiger partial charge < -0.3 is 4.42 Å². The Morgan fingerprint density at radius 2 is 1.03 bits per heavy atom. The van der Waals surface area contributed by atoms with Crippen molar-refractivity contribution < 1.29 is 4.42 Å². The summed E-state index contributed by atoms with van der Waals surface area (Å²) in [5, 5.41) is 2.96. The van der Waals surface area contributed by atoms with Crippen LogP contribution in [0.1, 0.15) is 0 Å². The molecule has 7 rings (SSSR count). The fourth-order valence-electron chi connectivity index (χ4n) is 5.41. The van der Waals surface area contributed by atoms with Crippen LogP contribution >= 0.6 is 11.6 Å². The minimum Gasteiger partial charge on any atom is -0.455 e. The first-order valence-electron chi connectivity index (χ1n) is 12.7. The lowest BCUT2D eigenvalue weighted by atomic mass is 9.85. The molecule has 2 heteroatoms. The summed E-state index contributed by atoms with van der Waals surface area (Å²) < 4.78 is 6.63. The van der Waals surface area contributed by atoms with E-state index in [0.717, 1.165) is 60.3 Å². The Labute approximate surface area is 226 Å². The second-order valence-electron chi connectivity index (χ2n) is 9.47. The smallest absolute Gasteiger partial charge is 0.143 e. The Balaban J connectivity index is 1.63. The molecule has 6 aromatic carbocycles. The monoisotopic (exact) mass is 506 g/mol. The van der Waals surface area contributed by atoms with Gasteiger partial charge in [-0.2, -0.15) is 0 Å². The Morgan fingerprint density at radius 1 is 0.421 bits per heavy atom. The number of para-hydroxylation sites is 1. The standard InChI is InChI=1S/C36H23ClO/c37-29-18-10-16-27(22-29)26-15-9-17-28(21-26)35-34(25-13-5-2-6-14-25)31(24-11-3-1-4-12-24)23-32-30-19-7-8-20-33(30)38-36(32)35/h1-23H. The summed E-state index contributed by atoms with van der Waals surface area (Å²) in [6.45, 7) is 0. The van der Waals surface area contributed by atoms with E-state index in [1.807, 2.05) is 30.3 Å². The Hall–Kier alpha value is -4.59. The van der Waals surface area contributed by atoms with E-state index in [0.29, 0.717) is 0 Å². The zero-order valence-corrected chi connectivity index (χ0v) is 21.3. The maximum atomic E-state index is 6.63. The van der Waals surface area contributed by atoms with Crippen LogP contribution in [-0.4, -0.2) is 0 Å². The fourth-order valence-corrected chi connectivity index (χ4v) is 5.60. The molecule has 0 aliphatic heterocycles. The van der Waals surface area contributed by atoms with Gasteiger partial charge in [-0.1, -0.05) is 121 Å². The van der Waals surface area contributed by atoms with Crippen molar-refractivity contribution in [2.75, 3.05) is 0 Å². The second kappa shape index (κ2) is 9.37. The Bertz CT molecular complexity index is 1920. The van der Waals surface area contributed by atoms with Crippen LogP contribution in [0.3, 0.4) is 0 Å². The highest BCUT2D eigenvalue weighted by Gasteiger charge is 2.22. The highest BCUT2D eigenvalue weighted by atomic mass is 35.5. The molecule has 0 fully saturated rings. The summed E-state index contributed by atoms with van der Waals surface area (Å²) in [5.41, 5.74) is 10.8. The highest BCUT2D eigenvalue weighted by Crippen LogP contribution is 2.47. The molecule has 1 heterocycles. The first kappa shape index (κ1) is 22.6. The molecule has 0 radical (unpaired) electrons. The van der Waals surface area contributed by atoms with Gasteiger partial charge in [-0.05, 0) is 63.7 Å². The van der Waals surface area contributed by atoms with Gasteiger partial charge in [0, 0.05) is 26.9 Å². The Kier molecular flexibility index (Phi) is 5.57. The highest BCUT2D eigenvalue weighted by molar-refractivity contribution is 6.30. The van der Waals surface area contributed by atoms with Crippen LogP contribution in [0, 0.1) is 0 Å². The predicted octanol–water partition coefficient (Wildman–Crippen LogP) is 10.9. The molecule has 0 atom stereocenters. The predicted molar refractivity (Wildman–Crippen MR) is 160 cm³/mol. The van der Waals surface area contributed by atoms with E-state index in [2.05, 4.69) is 109 Å². The van der Waals surface area contributed by atoms with Crippen molar-refractivity contribution in [2.24, 2.45) is 0 Å². The van der Waals surface area contributed by atoms with Crippen LogP contribution in [0.2, 0.25) is 5.02 Å². The number of hydrogen-bond acceptors (Lipinski definition) is 1. The van der Waals surface area contributed by atoms with E-state index in [1.54, 1.807) is 0 Å². The third kappa shape index (κ3) is 3.89. The van der Waals surface area contributed by atoms with E-state index in [-0.39, 0.29) is 0 Å². The maximum absolute atomic E-state index is 6.63. The fraction of sp³-hybridized carbons (Fsp3) is 0. The van der Waals surface area contributed by atoms with Gasteiger partial charge in [0.2, 0.25) is 0 Å². The van der Waals surface area contributed by atoms with Crippen molar-refractivity contribution >= 4 is 33.5 Å². The van der Waals surface area contributed by atoms with Gasteiger partial charge >= 0.3 is 0 Å². The van der Waals surface area contributed by atoms with E-state index in [9.17, 15) is 0 Å². The average Bonchev–Trinajstić information content (AvgIpc) is 3.35. The van der Waals surface area contributed by atoms with E-state index in [4.69, 9.17) is 16.0 Å². The SMILES string of the molecule is Clc1cccc(-c2cccc(-c3c(-c4ccccc4)c(-c4ccccc4)cc4c3oc3ccccc34)c2)c1. The molecule has 0 unspecified atom stereocenters. The summed E-state index contributed by atoms with van der Waals surface area (Å²) in [6.07, 6.45) is 0. The van der Waals surface area contributed by atoms with E-state index in [1.165, 1.54) is 11.1 Å². The van der Waals surface area contributed by atoms with Gasteiger partial charge in [-0.15, -0.1) is 0 Å².